The summed E-state index contributed by atoms with van der Waals surface area (Å²) < 4.78 is 33.6. The number of aryl methyl sites for hydroxylation is 2. The van der Waals surface area contributed by atoms with Crippen LogP contribution in [-0.2, 0) is 27.7 Å². The van der Waals surface area contributed by atoms with Crippen molar-refractivity contribution in [1.29, 1.82) is 0 Å². The summed E-state index contributed by atoms with van der Waals surface area (Å²) in [6.07, 6.45) is 6.21. The Kier molecular flexibility index (Phi) is 6.67. The van der Waals surface area contributed by atoms with Crippen LogP contribution in [0.2, 0.25) is 0 Å². The van der Waals surface area contributed by atoms with E-state index >= 15 is 0 Å². The highest BCUT2D eigenvalue weighted by Crippen LogP contribution is 2.36. The standard InChI is InChI=1S/C27H34N2O4S/c1-2-33-24-11-8-21(9-12-24)26-7-4-16-29(26)27(30)22-14-17-28(18-15-22)34(31,32)25-13-10-20-5-3-6-23(20)19-25/h8-13,19,22,26H,2-7,14-18H2,1H3. The van der Waals surface area contributed by atoms with Crippen molar-refractivity contribution >= 4 is 15.9 Å². The van der Waals surface area contributed by atoms with Gasteiger partial charge >= 0.3 is 0 Å². The molecule has 2 aromatic carbocycles. The van der Waals surface area contributed by atoms with Gasteiger partial charge in [-0.15, -0.1) is 0 Å². The van der Waals surface area contributed by atoms with Crippen molar-refractivity contribution < 1.29 is 17.9 Å². The molecule has 3 aliphatic rings. The lowest BCUT2D eigenvalue weighted by Crippen LogP contribution is -2.44. The van der Waals surface area contributed by atoms with E-state index in [1.54, 1.807) is 10.4 Å². The summed E-state index contributed by atoms with van der Waals surface area (Å²) in [4.78, 5) is 15.9. The minimum Gasteiger partial charge on any atom is -0.494 e. The molecule has 2 fully saturated rings. The van der Waals surface area contributed by atoms with Crippen molar-refractivity contribution in [1.82, 2.24) is 9.21 Å². The summed E-state index contributed by atoms with van der Waals surface area (Å²) in [6, 6.07) is 13.8. The van der Waals surface area contributed by atoms with Crippen LogP contribution in [0, 0.1) is 5.92 Å². The molecule has 0 radical (unpaired) electrons. The van der Waals surface area contributed by atoms with E-state index in [-0.39, 0.29) is 17.9 Å². The van der Waals surface area contributed by atoms with E-state index in [9.17, 15) is 13.2 Å². The molecule has 0 spiro atoms. The average molecular weight is 483 g/mol. The van der Waals surface area contributed by atoms with E-state index in [0.717, 1.165) is 50.0 Å². The van der Waals surface area contributed by atoms with E-state index in [1.165, 1.54) is 11.1 Å². The number of ether oxygens (including phenoxy) is 1. The van der Waals surface area contributed by atoms with Crippen molar-refractivity contribution in [3.63, 3.8) is 0 Å². The highest BCUT2D eigenvalue weighted by Gasteiger charge is 2.37. The van der Waals surface area contributed by atoms with Crippen LogP contribution in [0.15, 0.2) is 47.4 Å². The van der Waals surface area contributed by atoms with Crippen LogP contribution >= 0.6 is 0 Å². The molecule has 2 saturated heterocycles. The lowest BCUT2D eigenvalue weighted by Gasteiger charge is -2.34. The fourth-order valence-electron chi connectivity index (χ4n) is 5.77. The van der Waals surface area contributed by atoms with Gasteiger partial charge in [-0.05, 0) is 92.8 Å². The van der Waals surface area contributed by atoms with Crippen LogP contribution in [0.25, 0.3) is 0 Å². The molecule has 1 atom stereocenters. The Morgan fingerprint density at radius 3 is 2.41 bits per heavy atom. The van der Waals surface area contributed by atoms with Crippen LogP contribution in [0.3, 0.4) is 0 Å². The lowest BCUT2D eigenvalue weighted by atomic mass is 9.95. The predicted octanol–water partition coefficient (Wildman–Crippen LogP) is 4.34. The third-order valence-electron chi connectivity index (χ3n) is 7.62. The van der Waals surface area contributed by atoms with E-state index < -0.39 is 10.0 Å². The molecule has 2 aliphatic heterocycles. The number of rotatable bonds is 6. The number of hydrogen-bond donors (Lipinski definition) is 0. The van der Waals surface area contributed by atoms with Gasteiger partial charge in [-0.3, -0.25) is 4.79 Å². The topological polar surface area (TPSA) is 66.9 Å². The fraction of sp³-hybridized carbons (Fsp3) is 0.519. The number of likely N-dealkylation sites (tertiary alicyclic amines) is 1. The summed E-state index contributed by atoms with van der Waals surface area (Å²) in [5.74, 6) is 0.903. The zero-order chi connectivity index (χ0) is 23.7. The van der Waals surface area contributed by atoms with Crippen LogP contribution in [0.5, 0.6) is 5.75 Å². The Morgan fingerprint density at radius 1 is 0.941 bits per heavy atom. The zero-order valence-corrected chi connectivity index (χ0v) is 20.7. The minimum absolute atomic E-state index is 0.0938. The van der Waals surface area contributed by atoms with E-state index in [1.807, 2.05) is 36.1 Å². The first-order valence-electron chi connectivity index (χ1n) is 12.6. The van der Waals surface area contributed by atoms with Gasteiger partial charge in [-0.1, -0.05) is 18.2 Å². The molecule has 5 rings (SSSR count). The highest BCUT2D eigenvalue weighted by atomic mass is 32.2. The average Bonchev–Trinajstić information content (AvgIpc) is 3.54. The first-order valence-corrected chi connectivity index (χ1v) is 14.1. The molecule has 0 N–H and O–H groups in total. The maximum absolute atomic E-state index is 13.4. The molecule has 0 aromatic heterocycles. The second-order valence-electron chi connectivity index (χ2n) is 9.65. The SMILES string of the molecule is CCOc1ccc(C2CCCN2C(=O)C2CCN(S(=O)(=O)c3ccc4c(c3)CCC4)CC2)cc1. The van der Waals surface area contributed by atoms with Crippen molar-refractivity contribution in [2.24, 2.45) is 5.92 Å². The molecule has 34 heavy (non-hydrogen) atoms. The van der Waals surface area contributed by atoms with Crippen LogP contribution in [-0.4, -0.2) is 49.8 Å². The summed E-state index contributed by atoms with van der Waals surface area (Å²) in [6.45, 7) is 4.17. The van der Waals surface area contributed by atoms with Crippen LogP contribution < -0.4 is 4.74 Å². The van der Waals surface area contributed by atoms with E-state index in [2.05, 4.69) is 12.1 Å². The second kappa shape index (κ2) is 9.70. The minimum atomic E-state index is -3.52. The van der Waals surface area contributed by atoms with Gasteiger partial charge in [0.25, 0.3) is 0 Å². The molecule has 1 amide bonds. The Bertz CT molecular complexity index is 1140. The lowest BCUT2D eigenvalue weighted by molar-refractivity contribution is -0.137. The number of nitrogens with zero attached hydrogens (tertiary/aromatic N) is 2. The smallest absolute Gasteiger partial charge is 0.243 e. The molecule has 1 unspecified atom stereocenters. The third-order valence-corrected chi connectivity index (χ3v) is 9.52. The Labute approximate surface area is 203 Å². The summed E-state index contributed by atoms with van der Waals surface area (Å²) >= 11 is 0. The van der Waals surface area contributed by atoms with Crippen molar-refractivity contribution in [3.05, 3.63) is 59.2 Å². The number of sulfonamides is 1. The first kappa shape index (κ1) is 23.4. The maximum Gasteiger partial charge on any atom is 0.243 e. The molecule has 182 valence electrons. The number of fused-ring (bicyclic) bond motifs is 1. The molecular weight excluding hydrogens is 448 g/mol. The molecule has 6 nitrogen and oxygen atoms in total. The number of benzene rings is 2. The zero-order valence-electron chi connectivity index (χ0n) is 19.9. The summed E-state index contributed by atoms with van der Waals surface area (Å²) in [5, 5.41) is 0. The van der Waals surface area contributed by atoms with Crippen molar-refractivity contribution in [3.8, 4) is 5.75 Å². The number of carbonyl (C=O) groups is 1. The molecule has 0 bridgehead atoms. The molecule has 0 saturated carbocycles. The van der Waals surface area contributed by atoms with Gasteiger partial charge in [-0.25, -0.2) is 8.42 Å². The normalized spacial score (nSPS) is 21.6. The van der Waals surface area contributed by atoms with Crippen molar-refractivity contribution in [2.75, 3.05) is 26.2 Å². The van der Waals surface area contributed by atoms with Gasteiger partial charge in [0, 0.05) is 25.6 Å². The van der Waals surface area contributed by atoms with E-state index in [4.69, 9.17) is 4.74 Å². The summed E-state index contributed by atoms with van der Waals surface area (Å²) in [5.41, 5.74) is 3.59. The van der Waals surface area contributed by atoms with Gasteiger partial charge in [0.1, 0.15) is 5.75 Å². The maximum atomic E-state index is 13.4. The van der Waals surface area contributed by atoms with Crippen molar-refractivity contribution in [2.45, 2.75) is 62.8 Å². The Balaban J connectivity index is 1.23. The number of piperidine rings is 1. The van der Waals surface area contributed by atoms with Gasteiger partial charge in [-0.2, -0.15) is 4.31 Å². The van der Waals surface area contributed by atoms with Gasteiger partial charge < -0.3 is 9.64 Å². The number of hydrogen-bond acceptors (Lipinski definition) is 4. The molecule has 2 heterocycles. The Hall–Kier alpha value is -2.38. The molecule has 7 heteroatoms. The van der Waals surface area contributed by atoms with Gasteiger partial charge in [0.05, 0.1) is 17.5 Å². The summed E-state index contributed by atoms with van der Waals surface area (Å²) in [7, 11) is -3.52. The van der Waals surface area contributed by atoms with E-state index in [0.29, 0.717) is 37.4 Å². The molecule has 1 aliphatic carbocycles. The highest BCUT2D eigenvalue weighted by molar-refractivity contribution is 7.89. The van der Waals surface area contributed by atoms with Gasteiger partial charge in [0.2, 0.25) is 15.9 Å². The van der Waals surface area contributed by atoms with Crippen LogP contribution in [0.4, 0.5) is 0 Å². The first-order chi connectivity index (χ1) is 16.5. The van der Waals surface area contributed by atoms with Gasteiger partial charge in [0.15, 0.2) is 0 Å². The second-order valence-corrected chi connectivity index (χ2v) is 11.6. The number of amides is 1. The third kappa shape index (κ3) is 4.48. The fourth-order valence-corrected chi connectivity index (χ4v) is 7.29. The molecule has 2 aromatic rings. The monoisotopic (exact) mass is 482 g/mol. The Morgan fingerprint density at radius 2 is 1.68 bits per heavy atom. The predicted molar refractivity (Wildman–Crippen MR) is 131 cm³/mol. The molecular formula is C27H34N2O4S. The quantitative estimate of drug-likeness (QED) is 0.614. The largest absolute Gasteiger partial charge is 0.494 e. The van der Waals surface area contributed by atoms with Crippen LogP contribution in [0.1, 0.15) is 61.8 Å². The number of carbonyl (C=O) groups excluding carboxylic acids is 1.